The summed E-state index contributed by atoms with van der Waals surface area (Å²) in [5, 5.41) is 3.81. The first-order chi connectivity index (χ1) is 12.6. The van der Waals surface area contributed by atoms with Crippen molar-refractivity contribution in [2.24, 2.45) is 0 Å². The van der Waals surface area contributed by atoms with E-state index in [0.717, 1.165) is 21.4 Å². The molecular formula is C20H19BrClNO3. The molecule has 3 rings (SSSR count). The highest BCUT2D eigenvalue weighted by atomic mass is 79.9. The van der Waals surface area contributed by atoms with Crippen molar-refractivity contribution in [1.29, 1.82) is 0 Å². The summed E-state index contributed by atoms with van der Waals surface area (Å²) in [7, 11) is 0. The Morgan fingerprint density at radius 3 is 2.77 bits per heavy atom. The fourth-order valence-electron chi connectivity index (χ4n) is 2.64. The number of nitrogens with one attached hydrogen (secondary N) is 1. The van der Waals surface area contributed by atoms with Crippen molar-refractivity contribution in [3.05, 3.63) is 75.2 Å². The van der Waals surface area contributed by atoms with E-state index in [1.165, 1.54) is 0 Å². The van der Waals surface area contributed by atoms with Crippen LogP contribution >= 0.6 is 27.5 Å². The van der Waals surface area contributed by atoms with Crippen molar-refractivity contribution in [3.8, 4) is 5.75 Å². The van der Waals surface area contributed by atoms with Gasteiger partial charge in [0.25, 0.3) is 0 Å². The lowest BCUT2D eigenvalue weighted by atomic mass is 10.0. The highest BCUT2D eigenvalue weighted by Gasteiger charge is 2.24. The lowest BCUT2D eigenvalue weighted by Crippen LogP contribution is -2.41. The molecule has 6 heteroatoms. The predicted octanol–water partition coefficient (Wildman–Crippen LogP) is 4.51. The Balaban J connectivity index is 1.50. The van der Waals surface area contributed by atoms with E-state index in [1.54, 1.807) is 12.1 Å². The summed E-state index contributed by atoms with van der Waals surface area (Å²) in [5.74, 6) is 0.476. The van der Waals surface area contributed by atoms with E-state index in [0.29, 0.717) is 24.6 Å². The third kappa shape index (κ3) is 5.34. The van der Waals surface area contributed by atoms with Gasteiger partial charge in [0.05, 0.1) is 4.47 Å². The number of rotatable bonds is 6. The largest absolute Gasteiger partial charge is 0.488 e. The molecule has 0 aromatic heterocycles. The van der Waals surface area contributed by atoms with E-state index in [9.17, 15) is 4.79 Å². The maximum atomic E-state index is 12.3. The van der Waals surface area contributed by atoms with Crippen molar-refractivity contribution in [2.45, 2.75) is 19.1 Å². The van der Waals surface area contributed by atoms with Gasteiger partial charge in [-0.3, -0.25) is 4.79 Å². The number of esters is 1. The number of carbonyl (C=O) groups is 1. The summed E-state index contributed by atoms with van der Waals surface area (Å²) < 4.78 is 12.1. The second kappa shape index (κ2) is 9.21. The monoisotopic (exact) mass is 435 g/mol. The number of hydrogen-bond acceptors (Lipinski definition) is 4. The van der Waals surface area contributed by atoms with Gasteiger partial charge in [-0.2, -0.15) is 0 Å². The second-order valence-electron chi connectivity index (χ2n) is 5.98. The molecule has 1 atom stereocenters. The van der Waals surface area contributed by atoms with Crippen LogP contribution in [0.5, 0.6) is 5.75 Å². The quantitative estimate of drug-likeness (QED) is 0.534. The molecule has 1 heterocycles. The van der Waals surface area contributed by atoms with Crippen molar-refractivity contribution in [1.82, 2.24) is 5.32 Å². The fraction of sp³-hybridized carbons (Fsp3) is 0.250. The van der Waals surface area contributed by atoms with E-state index >= 15 is 0 Å². The zero-order valence-electron chi connectivity index (χ0n) is 14.1. The zero-order valence-corrected chi connectivity index (χ0v) is 16.4. The average Bonchev–Trinajstić information content (AvgIpc) is 2.66. The Bertz CT molecular complexity index is 795. The maximum absolute atomic E-state index is 12.3. The van der Waals surface area contributed by atoms with Crippen LogP contribution in [-0.4, -0.2) is 25.2 Å². The van der Waals surface area contributed by atoms with Gasteiger partial charge < -0.3 is 14.8 Å². The Morgan fingerprint density at radius 1 is 1.19 bits per heavy atom. The normalized spacial score (nSPS) is 16.7. The molecule has 1 aliphatic heterocycles. The molecule has 0 radical (unpaired) electrons. The van der Waals surface area contributed by atoms with Gasteiger partial charge in [-0.05, 0) is 51.7 Å². The number of halogens is 2. The SMILES string of the molecule is O=C(OCc1ccccc1)C1CC(COc2ccc(Cl)cc2Br)=CCN1. The van der Waals surface area contributed by atoms with Crippen LogP contribution in [0.4, 0.5) is 0 Å². The van der Waals surface area contributed by atoms with Gasteiger partial charge >= 0.3 is 5.97 Å². The van der Waals surface area contributed by atoms with Crippen LogP contribution in [-0.2, 0) is 16.1 Å². The maximum Gasteiger partial charge on any atom is 0.323 e. The molecule has 0 saturated heterocycles. The molecule has 1 unspecified atom stereocenters. The number of ether oxygens (including phenoxy) is 2. The predicted molar refractivity (Wildman–Crippen MR) is 105 cm³/mol. The second-order valence-corrected chi connectivity index (χ2v) is 7.27. The summed E-state index contributed by atoms with van der Waals surface area (Å²) in [6, 6.07) is 14.7. The van der Waals surface area contributed by atoms with Crippen molar-refractivity contribution in [3.63, 3.8) is 0 Å². The molecule has 0 amide bonds. The summed E-state index contributed by atoms with van der Waals surface area (Å²) in [4.78, 5) is 12.3. The van der Waals surface area contributed by atoms with Gasteiger partial charge in [0, 0.05) is 11.6 Å². The Morgan fingerprint density at radius 2 is 2.00 bits per heavy atom. The van der Waals surface area contributed by atoms with Gasteiger partial charge in [-0.25, -0.2) is 0 Å². The number of hydrogen-bond donors (Lipinski definition) is 1. The molecule has 0 saturated carbocycles. The summed E-state index contributed by atoms with van der Waals surface area (Å²) in [5.41, 5.74) is 2.04. The molecule has 26 heavy (non-hydrogen) atoms. The van der Waals surface area contributed by atoms with Gasteiger partial charge in [0.1, 0.15) is 25.0 Å². The molecule has 0 spiro atoms. The minimum absolute atomic E-state index is 0.243. The Labute approximate surface area is 166 Å². The van der Waals surface area contributed by atoms with Crippen LogP contribution in [0.1, 0.15) is 12.0 Å². The van der Waals surface area contributed by atoms with Crippen LogP contribution in [0.3, 0.4) is 0 Å². The van der Waals surface area contributed by atoms with Crippen molar-refractivity contribution < 1.29 is 14.3 Å². The first kappa shape index (κ1) is 19.0. The molecule has 2 aromatic rings. The minimum Gasteiger partial charge on any atom is -0.488 e. The van der Waals surface area contributed by atoms with Crippen molar-refractivity contribution >= 4 is 33.5 Å². The van der Waals surface area contributed by atoms with E-state index in [-0.39, 0.29) is 18.6 Å². The number of benzene rings is 2. The summed E-state index contributed by atoms with van der Waals surface area (Å²) in [6.07, 6.45) is 2.61. The van der Waals surface area contributed by atoms with Crippen LogP contribution < -0.4 is 10.1 Å². The molecule has 4 nitrogen and oxygen atoms in total. The van der Waals surface area contributed by atoms with E-state index < -0.39 is 0 Å². The molecule has 0 bridgehead atoms. The molecule has 1 N–H and O–H groups in total. The van der Waals surface area contributed by atoms with Crippen LogP contribution in [0, 0.1) is 0 Å². The van der Waals surface area contributed by atoms with Gasteiger partial charge in [-0.15, -0.1) is 0 Å². The standard InChI is InChI=1S/C20H19BrClNO3/c21-17-11-16(22)6-7-19(17)25-13-15-8-9-23-18(10-15)20(24)26-12-14-4-2-1-3-5-14/h1-8,11,18,23H,9-10,12-13H2. The average molecular weight is 437 g/mol. The van der Waals surface area contributed by atoms with E-state index in [2.05, 4.69) is 21.2 Å². The van der Waals surface area contributed by atoms with Gasteiger partial charge in [0.2, 0.25) is 0 Å². The summed E-state index contributed by atoms with van der Waals surface area (Å²) in [6.45, 7) is 1.32. The van der Waals surface area contributed by atoms with Gasteiger partial charge in [-0.1, -0.05) is 48.0 Å². The van der Waals surface area contributed by atoms with E-state index in [1.807, 2.05) is 42.5 Å². The molecule has 1 aliphatic rings. The fourth-order valence-corrected chi connectivity index (χ4v) is 3.44. The van der Waals surface area contributed by atoms with Crippen LogP contribution in [0.25, 0.3) is 0 Å². The van der Waals surface area contributed by atoms with E-state index in [4.69, 9.17) is 21.1 Å². The highest BCUT2D eigenvalue weighted by Crippen LogP contribution is 2.28. The zero-order chi connectivity index (χ0) is 18.4. The molecule has 0 aliphatic carbocycles. The molecule has 0 fully saturated rings. The van der Waals surface area contributed by atoms with Gasteiger partial charge in [0.15, 0.2) is 0 Å². The first-order valence-electron chi connectivity index (χ1n) is 8.31. The number of carbonyl (C=O) groups excluding carboxylic acids is 1. The molecule has 2 aromatic carbocycles. The first-order valence-corrected chi connectivity index (χ1v) is 9.48. The lowest BCUT2D eigenvalue weighted by molar-refractivity contribution is -0.147. The van der Waals surface area contributed by atoms with Crippen molar-refractivity contribution in [2.75, 3.05) is 13.2 Å². The topological polar surface area (TPSA) is 47.6 Å². The minimum atomic E-state index is -0.351. The third-order valence-electron chi connectivity index (χ3n) is 4.04. The van der Waals surface area contributed by atoms with Crippen LogP contribution in [0.15, 0.2) is 64.7 Å². The van der Waals surface area contributed by atoms with Crippen LogP contribution in [0.2, 0.25) is 5.02 Å². The Hall–Kier alpha value is -1.82. The third-order valence-corrected chi connectivity index (χ3v) is 4.89. The summed E-state index contributed by atoms with van der Waals surface area (Å²) >= 11 is 9.37. The highest BCUT2D eigenvalue weighted by molar-refractivity contribution is 9.10. The smallest absolute Gasteiger partial charge is 0.323 e. The molecular weight excluding hydrogens is 418 g/mol. The Kier molecular flexibility index (Phi) is 6.72. The lowest BCUT2D eigenvalue weighted by Gasteiger charge is -2.23. The molecule has 136 valence electrons.